The lowest BCUT2D eigenvalue weighted by Crippen LogP contribution is -2.37. The maximum Gasteiger partial charge on any atom is 0.204 e. The third-order valence-electron chi connectivity index (χ3n) is 6.97. The Hall–Kier alpha value is -3.58. The Kier molecular flexibility index (Phi) is 7.22. The van der Waals surface area contributed by atoms with Crippen molar-refractivity contribution >= 4 is 0 Å². The van der Waals surface area contributed by atoms with E-state index in [1.165, 1.54) is 0 Å². The van der Waals surface area contributed by atoms with Crippen molar-refractivity contribution in [1.29, 1.82) is 0 Å². The van der Waals surface area contributed by atoms with Crippen LogP contribution < -0.4 is 28.4 Å². The van der Waals surface area contributed by atoms with Gasteiger partial charge in [0.25, 0.3) is 0 Å². The fourth-order valence-electron chi connectivity index (χ4n) is 4.88. The highest BCUT2D eigenvalue weighted by Gasteiger charge is 2.38. The minimum Gasteiger partial charge on any atom is -0.493 e. The molecule has 2 atom stereocenters. The molecule has 1 aliphatic rings. The van der Waals surface area contributed by atoms with Crippen LogP contribution in [0.2, 0.25) is 0 Å². The Labute approximate surface area is 212 Å². The standard InChI is InChI=1S/C29H34O7/c1-17-13-18-14-21(31-3)26(34-6)28(36-20-11-9-8-10-12-20)23(18)24-19(16-29(17,2)30)15-22(32-4)25(33-5)27(24)35-7/h8-12,14-15,17,30H,13,16H2,1-7H3/t17-,29+/m1/s1. The molecule has 0 heterocycles. The second-order valence-electron chi connectivity index (χ2n) is 9.21. The number of ether oxygens (including phenoxy) is 6. The van der Waals surface area contributed by atoms with Crippen LogP contribution in [0.5, 0.6) is 40.2 Å². The Morgan fingerprint density at radius 1 is 0.722 bits per heavy atom. The van der Waals surface area contributed by atoms with Crippen LogP contribution in [-0.2, 0) is 12.8 Å². The summed E-state index contributed by atoms with van der Waals surface area (Å²) in [5.74, 6) is 3.53. The molecule has 0 amide bonds. The topological polar surface area (TPSA) is 75.6 Å². The molecule has 7 nitrogen and oxygen atoms in total. The van der Waals surface area contributed by atoms with Crippen LogP contribution in [0.3, 0.4) is 0 Å². The van der Waals surface area contributed by atoms with Crippen molar-refractivity contribution in [2.45, 2.75) is 32.3 Å². The number of hydrogen-bond donors (Lipinski definition) is 1. The number of fused-ring (bicyclic) bond motifs is 3. The molecule has 0 unspecified atom stereocenters. The zero-order valence-electron chi connectivity index (χ0n) is 21.9. The SMILES string of the molecule is COc1cc2c(c(OC)c1OC)-c1c(cc(OC)c(OC)c1Oc1ccccc1)C[C@@H](C)[C@@](C)(O)C2. The van der Waals surface area contributed by atoms with Gasteiger partial charge in [-0.05, 0) is 54.7 Å². The van der Waals surface area contributed by atoms with Gasteiger partial charge in [-0.2, -0.15) is 0 Å². The van der Waals surface area contributed by atoms with Gasteiger partial charge in [0.15, 0.2) is 23.0 Å². The van der Waals surface area contributed by atoms with Gasteiger partial charge in [-0.1, -0.05) is 25.1 Å². The van der Waals surface area contributed by atoms with Crippen LogP contribution in [0.15, 0.2) is 42.5 Å². The zero-order chi connectivity index (χ0) is 26.0. The highest BCUT2D eigenvalue weighted by molar-refractivity contribution is 5.88. The lowest BCUT2D eigenvalue weighted by Gasteiger charge is -2.36. The van der Waals surface area contributed by atoms with Gasteiger partial charge in [0.1, 0.15) is 5.75 Å². The molecule has 7 heteroatoms. The Bertz CT molecular complexity index is 1230. The quantitative estimate of drug-likeness (QED) is 0.453. The van der Waals surface area contributed by atoms with E-state index in [9.17, 15) is 5.11 Å². The van der Waals surface area contributed by atoms with E-state index in [2.05, 4.69) is 0 Å². The first-order valence-electron chi connectivity index (χ1n) is 11.8. The zero-order valence-corrected chi connectivity index (χ0v) is 21.9. The summed E-state index contributed by atoms with van der Waals surface area (Å²) in [4.78, 5) is 0. The van der Waals surface area contributed by atoms with E-state index in [0.29, 0.717) is 53.1 Å². The van der Waals surface area contributed by atoms with Crippen molar-refractivity contribution in [3.8, 4) is 51.4 Å². The van der Waals surface area contributed by atoms with Crippen LogP contribution in [0.4, 0.5) is 0 Å². The van der Waals surface area contributed by atoms with Crippen LogP contribution in [0.25, 0.3) is 11.1 Å². The van der Waals surface area contributed by atoms with Crippen LogP contribution >= 0.6 is 0 Å². The molecule has 3 aromatic carbocycles. The monoisotopic (exact) mass is 494 g/mol. The Morgan fingerprint density at radius 2 is 1.25 bits per heavy atom. The minimum absolute atomic E-state index is 0.0776. The molecule has 0 fully saturated rings. The number of methoxy groups -OCH3 is 5. The molecule has 0 spiro atoms. The lowest BCUT2D eigenvalue weighted by molar-refractivity contribution is 0.00628. The van der Waals surface area contributed by atoms with Crippen molar-refractivity contribution in [1.82, 2.24) is 0 Å². The molecule has 0 saturated heterocycles. The number of hydrogen-bond acceptors (Lipinski definition) is 7. The first kappa shape index (κ1) is 25.5. The Morgan fingerprint density at radius 3 is 1.81 bits per heavy atom. The normalized spacial score (nSPS) is 18.7. The molecule has 36 heavy (non-hydrogen) atoms. The van der Waals surface area contributed by atoms with Crippen LogP contribution in [0.1, 0.15) is 25.0 Å². The molecule has 4 rings (SSSR count). The summed E-state index contributed by atoms with van der Waals surface area (Å²) in [6.07, 6.45) is 0.948. The minimum atomic E-state index is -0.995. The molecule has 1 aliphatic carbocycles. The first-order chi connectivity index (χ1) is 17.3. The third-order valence-corrected chi connectivity index (χ3v) is 6.97. The van der Waals surface area contributed by atoms with Gasteiger partial charge in [0, 0.05) is 17.5 Å². The smallest absolute Gasteiger partial charge is 0.204 e. The summed E-state index contributed by atoms with van der Waals surface area (Å²) in [7, 11) is 7.94. The molecule has 192 valence electrons. The van der Waals surface area contributed by atoms with Crippen molar-refractivity contribution in [3.63, 3.8) is 0 Å². The predicted molar refractivity (Wildman–Crippen MR) is 138 cm³/mol. The van der Waals surface area contributed by atoms with Crippen molar-refractivity contribution in [2.75, 3.05) is 35.5 Å². The first-order valence-corrected chi connectivity index (χ1v) is 11.8. The summed E-state index contributed by atoms with van der Waals surface area (Å²) in [6, 6.07) is 13.4. The predicted octanol–water partition coefficient (Wildman–Crippen LogP) is 5.67. The molecule has 1 N–H and O–H groups in total. The van der Waals surface area contributed by atoms with E-state index in [4.69, 9.17) is 28.4 Å². The molecule has 0 aromatic heterocycles. The molecular weight excluding hydrogens is 460 g/mol. The van der Waals surface area contributed by atoms with E-state index in [1.807, 2.05) is 56.3 Å². The van der Waals surface area contributed by atoms with Gasteiger partial charge in [-0.15, -0.1) is 0 Å². The maximum absolute atomic E-state index is 11.5. The van der Waals surface area contributed by atoms with Gasteiger partial charge in [-0.25, -0.2) is 0 Å². The molecule has 0 saturated carbocycles. The van der Waals surface area contributed by atoms with Crippen LogP contribution in [0, 0.1) is 5.92 Å². The summed E-state index contributed by atoms with van der Waals surface area (Å²) in [6.45, 7) is 3.90. The Balaban J connectivity index is 2.17. The second-order valence-corrected chi connectivity index (χ2v) is 9.21. The van der Waals surface area contributed by atoms with E-state index in [-0.39, 0.29) is 5.92 Å². The average Bonchev–Trinajstić information content (AvgIpc) is 2.87. The molecule has 0 bridgehead atoms. The number of rotatable bonds is 7. The van der Waals surface area contributed by atoms with Crippen molar-refractivity contribution < 1.29 is 33.5 Å². The second kappa shape index (κ2) is 10.2. The van der Waals surface area contributed by atoms with Crippen LogP contribution in [-0.4, -0.2) is 46.3 Å². The van der Waals surface area contributed by atoms with E-state index in [1.54, 1.807) is 35.5 Å². The third kappa shape index (κ3) is 4.39. The number of aliphatic hydroxyl groups is 1. The summed E-state index contributed by atoms with van der Waals surface area (Å²) in [5.41, 5.74) is 2.33. The fourth-order valence-corrected chi connectivity index (χ4v) is 4.88. The summed E-state index contributed by atoms with van der Waals surface area (Å²) >= 11 is 0. The van der Waals surface area contributed by atoms with Gasteiger partial charge in [0.2, 0.25) is 11.5 Å². The van der Waals surface area contributed by atoms with Gasteiger partial charge < -0.3 is 33.5 Å². The number of benzene rings is 3. The van der Waals surface area contributed by atoms with Gasteiger partial charge in [-0.3, -0.25) is 0 Å². The van der Waals surface area contributed by atoms with E-state index < -0.39 is 5.60 Å². The summed E-state index contributed by atoms with van der Waals surface area (Å²) < 4.78 is 35.4. The van der Waals surface area contributed by atoms with E-state index >= 15 is 0 Å². The molecular formula is C29H34O7. The lowest BCUT2D eigenvalue weighted by atomic mass is 9.75. The molecule has 3 aromatic rings. The van der Waals surface area contributed by atoms with E-state index in [0.717, 1.165) is 22.3 Å². The average molecular weight is 495 g/mol. The summed E-state index contributed by atoms with van der Waals surface area (Å²) in [5, 5.41) is 11.5. The molecule has 0 radical (unpaired) electrons. The van der Waals surface area contributed by atoms with Gasteiger partial charge in [0.05, 0.1) is 41.2 Å². The van der Waals surface area contributed by atoms with Gasteiger partial charge >= 0.3 is 0 Å². The highest BCUT2D eigenvalue weighted by atomic mass is 16.5. The highest BCUT2D eigenvalue weighted by Crippen LogP contribution is 2.56. The fraction of sp³-hybridized carbons (Fsp3) is 0.379. The molecule has 0 aliphatic heterocycles. The maximum atomic E-state index is 11.5. The van der Waals surface area contributed by atoms with Crippen molar-refractivity contribution in [3.05, 3.63) is 53.6 Å². The largest absolute Gasteiger partial charge is 0.493 e. The number of para-hydroxylation sites is 1. The van der Waals surface area contributed by atoms with Crippen molar-refractivity contribution in [2.24, 2.45) is 5.92 Å².